The van der Waals surface area contributed by atoms with Gasteiger partial charge in [-0.3, -0.25) is 9.59 Å². The molecule has 0 spiro atoms. The summed E-state index contributed by atoms with van der Waals surface area (Å²) in [5.74, 6) is -0.592. The van der Waals surface area contributed by atoms with Crippen LogP contribution in [0.5, 0.6) is 0 Å². The van der Waals surface area contributed by atoms with Crippen LogP contribution in [0.15, 0.2) is 12.2 Å². The lowest BCUT2D eigenvalue weighted by Crippen LogP contribution is -2.28. The van der Waals surface area contributed by atoms with Gasteiger partial charge in [-0.2, -0.15) is 0 Å². The number of allylic oxidation sites excluding steroid dienone is 2. The second-order valence-electron chi connectivity index (χ2n) is 12.7. The molecule has 0 rings (SSSR count). The summed E-state index contributed by atoms with van der Waals surface area (Å²) in [7, 11) is 0. The fourth-order valence-corrected chi connectivity index (χ4v) is 5.43. The Morgan fingerprint density at radius 2 is 0.860 bits per heavy atom. The fraction of sp³-hybridized carbons (Fsp3) is 0.895. The molecule has 0 aromatic carbocycles. The van der Waals surface area contributed by atoms with E-state index in [0.29, 0.717) is 12.8 Å². The second kappa shape index (κ2) is 35.1. The number of hydrogen-bond donors (Lipinski definition) is 1. The van der Waals surface area contributed by atoms with Gasteiger partial charge < -0.3 is 14.6 Å². The van der Waals surface area contributed by atoms with Crippen LogP contribution in [0, 0.1) is 0 Å². The highest BCUT2D eigenvalue weighted by Crippen LogP contribution is 2.14. The van der Waals surface area contributed by atoms with Crippen molar-refractivity contribution in [3.05, 3.63) is 12.2 Å². The average molecular weight is 609 g/mol. The molecule has 43 heavy (non-hydrogen) atoms. The number of carbonyl (C=O) groups is 2. The van der Waals surface area contributed by atoms with Crippen molar-refractivity contribution in [1.82, 2.24) is 0 Å². The highest BCUT2D eigenvalue weighted by Gasteiger charge is 2.16. The van der Waals surface area contributed by atoms with Crippen LogP contribution >= 0.6 is 0 Å². The molecule has 0 fully saturated rings. The zero-order chi connectivity index (χ0) is 31.5. The van der Waals surface area contributed by atoms with Crippen molar-refractivity contribution < 1.29 is 24.2 Å². The molecule has 0 heterocycles. The van der Waals surface area contributed by atoms with Gasteiger partial charge in [0.15, 0.2) is 6.10 Å². The summed E-state index contributed by atoms with van der Waals surface area (Å²) >= 11 is 0. The maximum Gasteiger partial charge on any atom is 0.306 e. The average Bonchev–Trinajstić information content (AvgIpc) is 3.01. The molecule has 0 aliphatic rings. The van der Waals surface area contributed by atoms with Gasteiger partial charge in [0.05, 0.1) is 6.61 Å². The molecule has 0 radical (unpaired) electrons. The lowest BCUT2D eigenvalue weighted by atomic mass is 10.0. The Morgan fingerprint density at radius 3 is 1.26 bits per heavy atom. The van der Waals surface area contributed by atoms with E-state index in [1.54, 1.807) is 0 Å². The van der Waals surface area contributed by atoms with E-state index >= 15 is 0 Å². The number of carbonyl (C=O) groups excluding carboxylic acids is 2. The summed E-state index contributed by atoms with van der Waals surface area (Å²) in [5, 5.41) is 9.53. The fourth-order valence-electron chi connectivity index (χ4n) is 5.43. The number of aliphatic hydroxyl groups excluding tert-OH is 1. The second-order valence-corrected chi connectivity index (χ2v) is 12.7. The van der Waals surface area contributed by atoms with Crippen LogP contribution in [0.2, 0.25) is 0 Å². The lowest BCUT2D eigenvalue weighted by Gasteiger charge is -2.15. The first-order valence-electron chi connectivity index (χ1n) is 18.7. The van der Waals surface area contributed by atoms with E-state index in [1.165, 1.54) is 128 Å². The predicted octanol–water partition coefficient (Wildman–Crippen LogP) is 11.3. The Balaban J connectivity index is 3.54. The summed E-state index contributed by atoms with van der Waals surface area (Å²) in [4.78, 5) is 24.2. The number of ether oxygens (including phenoxy) is 2. The number of unbranched alkanes of at least 4 members (excludes halogenated alkanes) is 24. The predicted molar refractivity (Wildman–Crippen MR) is 182 cm³/mol. The van der Waals surface area contributed by atoms with Gasteiger partial charge in [-0.25, -0.2) is 0 Å². The smallest absolute Gasteiger partial charge is 0.306 e. The summed E-state index contributed by atoms with van der Waals surface area (Å²) < 4.78 is 10.6. The van der Waals surface area contributed by atoms with Crippen LogP contribution in [0.1, 0.15) is 200 Å². The molecule has 5 heteroatoms. The summed E-state index contributed by atoms with van der Waals surface area (Å²) in [6.45, 7) is 4.13. The first-order chi connectivity index (χ1) is 21.1. The molecule has 0 aromatic rings. The first kappa shape index (κ1) is 41.6. The van der Waals surface area contributed by atoms with Gasteiger partial charge in [0.25, 0.3) is 0 Å². The number of aliphatic hydroxyl groups is 1. The van der Waals surface area contributed by atoms with Gasteiger partial charge in [0.1, 0.15) is 6.61 Å². The largest absolute Gasteiger partial charge is 0.462 e. The molecule has 1 atom stereocenters. The van der Waals surface area contributed by atoms with Crippen LogP contribution in [0.25, 0.3) is 0 Å². The van der Waals surface area contributed by atoms with E-state index < -0.39 is 6.10 Å². The Labute approximate surface area is 267 Å². The normalized spacial score (nSPS) is 12.2. The van der Waals surface area contributed by atoms with Crippen molar-refractivity contribution in [2.75, 3.05) is 13.2 Å². The van der Waals surface area contributed by atoms with Crippen LogP contribution in [-0.2, 0) is 19.1 Å². The van der Waals surface area contributed by atoms with E-state index in [0.717, 1.165) is 44.9 Å². The Kier molecular flexibility index (Phi) is 34.0. The number of rotatable bonds is 34. The molecule has 5 nitrogen and oxygen atoms in total. The maximum absolute atomic E-state index is 12.1. The molecule has 0 aliphatic carbocycles. The van der Waals surface area contributed by atoms with Crippen molar-refractivity contribution in [1.29, 1.82) is 0 Å². The molecule has 0 unspecified atom stereocenters. The van der Waals surface area contributed by atoms with Crippen molar-refractivity contribution >= 4 is 11.9 Å². The van der Waals surface area contributed by atoms with Crippen molar-refractivity contribution in [2.24, 2.45) is 0 Å². The molecule has 254 valence electrons. The van der Waals surface area contributed by atoms with Gasteiger partial charge in [0, 0.05) is 12.8 Å². The molecule has 0 saturated carbocycles. The molecular weight excluding hydrogens is 536 g/mol. The van der Waals surface area contributed by atoms with E-state index in [1.807, 2.05) is 0 Å². The van der Waals surface area contributed by atoms with Gasteiger partial charge in [-0.05, 0) is 38.5 Å². The molecule has 0 aromatic heterocycles. The minimum absolute atomic E-state index is 0.0634. The highest BCUT2D eigenvalue weighted by molar-refractivity contribution is 5.70. The molecule has 0 amide bonds. The van der Waals surface area contributed by atoms with Crippen molar-refractivity contribution in [2.45, 2.75) is 206 Å². The Bertz CT molecular complexity index is 617. The Hall–Kier alpha value is -1.36. The van der Waals surface area contributed by atoms with E-state index in [4.69, 9.17) is 9.47 Å². The number of esters is 2. The van der Waals surface area contributed by atoms with Crippen LogP contribution in [-0.4, -0.2) is 36.4 Å². The van der Waals surface area contributed by atoms with Crippen molar-refractivity contribution in [3.8, 4) is 0 Å². The molecule has 0 bridgehead atoms. The summed E-state index contributed by atoms with van der Waals surface area (Å²) in [6.07, 6.45) is 38.4. The minimum atomic E-state index is -0.768. The maximum atomic E-state index is 12.1. The third-order valence-corrected chi connectivity index (χ3v) is 8.31. The van der Waals surface area contributed by atoms with Gasteiger partial charge >= 0.3 is 11.9 Å². The van der Waals surface area contributed by atoms with Gasteiger partial charge in [0.2, 0.25) is 0 Å². The third-order valence-electron chi connectivity index (χ3n) is 8.31. The monoisotopic (exact) mass is 609 g/mol. The van der Waals surface area contributed by atoms with Gasteiger partial charge in [-0.1, -0.05) is 161 Å². The zero-order valence-electron chi connectivity index (χ0n) is 28.7. The SMILES string of the molecule is CCCCCCC/C=C/CCCCCCCC(=O)O[C@@H](CO)COC(=O)CCCCCCCCCCCCCCCCC. The summed E-state index contributed by atoms with van der Waals surface area (Å²) in [5.41, 5.74) is 0. The van der Waals surface area contributed by atoms with E-state index in [-0.39, 0.29) is 25.2 Å². The lowest BCUT2D eigenvalue weighted by molar-refractivity contribution is -0.161. The van der Waals surface area contributed by atoms with Crippen LogP contribution < -0.4 is 0 Å². The number of hydrogen-bond acceptors (Lipinski definition) is 5. The molecular formula is C38H72O5. The van der Waals surface area contributed by atoms with E-state index in [2.05, 4.69) is 26.0 Å². The Morgan fingerprint density at radius 1 is 0.512 bits per heavy atom. The van der Waals surface area contributed by atoms with Crippen LogP contribution in [0.4, 0.5) is 0 Å². The molecule has 0 aliphatic heterocycles. The van der Waals surface area contributed by atoms with Gasteiger partial charge in [-0.15, -0.1) is 0 Å². The standard InChI is InChI=1S/C38H72O5/c1-3-5-7-9-11-13-15-17-19-21-22-24-26-28-30-32-37(40)42-35-36(34-39)43-38(41)33-31-29-27-25-23-20-18-16-14-12-10-8-6-4-2/h16,18,36,39H,3-15,17,19-35H2,1-2H3/b18-16+/t36-/m0/s1. The topological polar surface area (TPSA) is 72.8 Å². The van der Waals surface area contributed by atoms with Crippen LogP contribution in [0.3, 0.4) is 0 Å². The highest BCUT2D eigenvalue weighted by atomic mass is 16.6. The third kappa shape index (κ3) is 33.4. The van der Waals surface area contributed by atoms with E-state index in [9.17, 15) is 14.7 Å². The zero-order valence-corrected chi connectivity index (χ0v) is 28.7. The first-order valence-corrected chi connectivity index (χ1v) is 18.7. The minimum Gasteiger partial charge on any atom is -0.462 e. The molecule has 1 N–H and O–H groups in total. The molecule has 0 saturated heterocycles. The summed E-state index contributed by atoms with van der Waals surface area (Å²) in [6, 6.07) is 0. The quantitative estimate of drug-likeness (QED) is 0.0447. The van der Waals surface area contributed by atoms with Crippen molar-refractivity contribution in [3.63, 3.8) is 0 Å².